The molecule has 27 heavy (non-hydrogen) atoms. The first-order chi connectivity index (χ1) is 13.1. The molecule has 6 nitrogen and oxygen atoms in total. The molecule has 1 aliphatic carbocycles. The van der Waals surface area contributed by atoms with E-state index in [0.29, 0.717) is 29.1 Å². The van der Waals surface area contributed by atoms with Gasteiger partial charge in [-0.15, -0.1) is 0 Å². The van der Waals surface area contributed by atoms with Crippen LogP contribution in [0.5, 0.6) is 0 Å². The summed E-state index contributed by atoms with van der Waals surface area (Å²) in [5, 5.41) is 2.67. The van der Waals surface area contributed by atoms with Gasteiger partial charge < -0.3 is 10.2 Å². The lowest BCUT2D eigenvalue weighted by Gasteiger charge is -2.33. The van der Waals surface area contributed by atoms with E-state index < -0.39 is 0 Å². The number of aromatic nitrogens is 2. The van der Waals surface area contributed by atoms with Crippen LogP contribution in [-0.2, 0) is 11.2 Å². The zero-order valence-electron chi connectivity index (χ0n) is 16.7. The van der Waals surface area contributed by atoms with Crippen molar-refractivity contribution in [3.63, 3.8) is 0 Å². The molecule has 0 unspecified atom stereocenters. The monoisotopic (exact) mass is 372 g/mol. The molecule has 2 heterocycles. The molecule has 6 heteroatoms. The number of carbonyl (C=O) groups is 2. The molecule has 2 fully saturated rings. The Bertz CT molecular complexity index is 662. The second-order valence-corrected chi connectivity index (χ2v) is 8.09. The number of hydrogen-bond donors (Lipinski definition) is 1. The van der Waals surface area contributed by atoms with Crippen molar-refractivity contribution < 1.29 is 9.59 Å². The van der Waals surface area contributed by atoms with E-state index in [-0.39, 0.29) is 5.91 Å². The van der Waals surface area contributed by atoms with Gasteiger partial charge in [0.25, 0.3) is 5.91 Å². The lowest BCUT2D eigenvalue weighted by molar-refractivity contribution is -0.133. The second kappa shape index (κ2) is 9.29. The zero-order chi connectivity index (χ0) is 19.2. The summed E-state index contributed by atoms with van der Waals surface area (Å²) in [7, 11) is 1.63. The van der Waals surface area contributed by atoms with Crippen LogP contribution in [0.4, 0.5) is 0 Å². The van der Waals surface area contributed by atoms with Crippen molar-refractivity contribution in [3.8, 4) is 0 Å². The number of aryl methyl sites for hydroxylation is 1. The highest BCUT2D eigenvalue weighted by Crippen LogP contribution is 2.28. The van der Waals surface area contributed by atoms with Gasteiger partial charge in [0, 0.05) is 32.8 Å². The lowest BCUT2D eigenvalue weighted by atomic mass is 9.86. The third-order valence-corrected chi connectivity index (χ3v) is 6.10. The smallest absolute Gasteiger partial charge is 0.254 e. The van der Waals surface area contributed by atoms with Crippen LogP contribution in [0.25, 0.3) is 0 Å². The van der Waals surface area contributed by atoms with E-state index in [9.17, 15) is 9.59 Å². The second-order valence-electron chi connectivity index (χ2n) is 8.09. The molecule has 1 N–H and O–H groups in total. The Morgan fingerprint density at radius 1 is 1.11 bits per heavy atom. The Hall–Kier alpha value is -1.98. The molecule has 148 valence electrons. The Balaban J connectivity index is 1.53. The van der Waals surface area contributed by atoms with Gasteiger partial charge in [-0.1, -0.05) is 19.3 Å². The minimum atomic E-state index is -0.134. The summed E-state index contributed by atoms with van der Waals surface area (Å²) >= 11 is 0. The van der Waals surface area contributed by atoms with Crippen molar-refractivity contribution in [2.75, 3.05) is 20.1 Å². The van der Waals surface area contributed by atoms with Crippen LogP contribution in [0.1, 0.15) is 73.2 Å². The highest BCUT2D eigenvalue weighted by Gasteiger charge is 2.26. The van der Waals surface area contributed by atoms with Gasteiger partial charge in [0.2, 0.25) is 5.91 Å². The van der Waals surface area contributed by atoms with E-state index >= 15 is 0 Å². The minimum absolute atomic E-state index is 0.134. The molecule has 1 aliphatic heterocycles. The summed E-state index contributed by atoms with van der Waals surface area (Å²) in [6, 6.07) is 0. The first kappa shape index (κ1) is 19.8. The van der Waals surface area contributed by atoms with Crippen LogP contribution in [0, 0.1) is 18.8 Å². The van der Waals surface area contributed by atoms with Gasteiger partial charge in [-0.3, -0.25) is 9.59 Å². The molecule has 1 aromatic rings. The number of piperidine rings is 1. The van der Waals surface area contributed by atoms with Crippen LogP contribution in [-0.4, -0.2) is 46.8 Å². The summed E-state index contributed by atoms with van der Waals surface area (Å²) < 4.78 is 0. The number of nitrogens with one attached hydrogen (secondary N) is 1. The van der Waals surface area contributed by atoms with Gasteiger partial charge in [-0.05, 0) is 50.9 Å². The Labute approximate surface area is 162 Å². The molecule has 0 aromatic carbocycles. The summed E-state index contributed by atoms with van der Waals surface area (Å²) in [5.74, 6) is 1.96. The van der Waals surface area contributed by atoms with Crippen molar-refractivity contribution in [1.82, 2.24) is 20.2 Å². The number of nitrogens with zero attached hydrogens (tertiary/aromatic N) is 3. The molecule has 1 aromatic heterocycles. The fraction of sp³-hybridized carbons (Fsp3) is 0.714. The molecule has 0 radical (unpaired) electrons. The Kier molecular flexibility index (Phi) is 6.80. The summed E-state index contributed by atoms with van der Waals surface area (Å²) in [6.45, 7) is 3.51. The van der Waals surface area contributed by atoms with E-state index in [4.69, 9.17) is 0 Å². The number of rotatable bonds is 5. The average Bonchev–Trinajstić information content (AvgIpc) is 2.69. The van der Waals surface area contributed by atoms with Crippen LogP contribution >= 0.6 is 0 Å². The number of likely N-dealkylation sites (tertiary alicyclic amines) is 1. The van der Waals surface area contributed by atoms with Crippen LogP contribution in [0.2, 0.25) is 0 Å². The fourth-order valence-electron chi connectivity index (χ4n) is 4.42. The number of carbonyl (C=O) groups excluding carboxylic acids is 2. The van der Waals surface area contributed by atoms with Crippen molar-refractivity contribution in [3.05, 3.63) is 23.3 Å². The largest absolute Gasteiger partial charge is 0.355 e. The van der Waals surface area contributed by atoms with Gasteiger partial charge in [-0.2, -0.15) is 0 Å². The predicted octanol–water partition coefficient (Wildman–Crippen LogP) is 2.90. The van der Waals surface area contributed by atoms with E-state index in [0.717, 1.165) is 44.5 Å². The molecule has 1 saturated carbocycles. The van der Waals surface area contributed by atoms with Gasteiger partial charge >= 0.3 is 0 Å². The normalized spacial score (nSPS) is 19.1. The maximum absolute atomic E-state index is 12.6. The zero-order valence-corrected chi connectivity index (χ0v) is 16.7. The SMILES string of the molecule is CNC(=O)c1cnc(C)nc1CC1CCN(C(=O)CC2CCCCC2)CC1. The van der Waals surface area contributed by atoms with Crippen molar-refractivity contribution in [2.45, 2.75) is 64.7 Å². The van der Waals surface area contributed by atoms with Gasteiger partial charge in [-0.25, -0.2) is 9.97 Å². The summed E-state index contributed by atoms with van der Waals surface area (Å²) in [5.41, 5.74) is 1.40. The van der Waals surface area contributed by atoms with E-state index in [1.54, 1.807) is 13.2 Å². The van der Waals surface area contributed by atoms with E-state index in [1.807, 2.05) is 6.92 Å². The maximum atomic E-state index is 12.6. The van der Waals surface area contributed by atoms with Crippen LogP contribution < -0.4 is 5.32 Å². The maximum Gasteiger partial charge on any atom is 0.254 e. The molecule has 1 saturated heterocycles. The van der Waals surface area contributed by atoms with Crippen LogP contribution in [0.15, 0.2) is 6.20 Å². The minimum Gasteiger partial charge on any atom is -0.355 e. The third-order valence-electron chi connectivity index (χ3n) is 6.10. The van der Waals surface area contributed by atoms with Gasteiger partial charge in [0.15, 0.2) is 0 Å². The molecular formula is C21H32N4O2. The standard InChI is InChI=1S/C21H32N4O2/c1-15-23-14-18(21(27)22-2)19(24-15)12-17-8-10-25(11-9-17)20(26)13-16-6-4-3-5-7-16/h14,16-17H,3-13H2,1-2H3,(H,22,27). The van der Waals surface area contributed by atoms with Crippen molar-refractivity contribution in [2.24, 2.45) is 11.8 Å². The van der Waals surface area contributed by atoms with Gasteiger partial charge in [0.1, 0.15) is 5.82 Å². The molecule has 0 atom stereocenters. The average molecular weight is 373 g/mol. The Morgan fingerprint density at radius 2 is 1.81 bits per heavy atom. The summed E-state index contributed by atoms with van der Waals surface area (Å²) in [6.07, 6.45) is 11.4. The molecule has 0 bridgehead atoms. The quantitative estimate of drug-likeness (QED) is 0.862. The topological polar surface area (TPSA) is 75.2 Å². The van der Waals surface area contributed by atoms with Crippen molar-refractivity contribution in [1.29, 1.82) is 0 Å². The molecular weight excluding hydrogens is 340 g/mol. The highest BCUT2D eigenvalue weighted by molar-refractivity contribution is 5.94. The van der Waals surface area contributed by atoms with Gasteiger partial charge in [0.05, 0.1) is 11.3 Å². The van der Waals surface area contributed by atoms with Crippen molar-refractivity contribution >= 4 is 11.8 Å². The Morgan fingerprint density at radius 3 is 2.48 bits per heavy atom. The first-order valence-electron chi connectivity index (χ1n) is 10.4. The van der Waals surface area contributed by atoms with E-state index in [1.165, 1.54) is 32.1 Å². The first-order valence-corrected chi connectivity index (χ1v) is 10.4. The number of amides is 2. The molecule has 0 spiro atoms. The van der Waals surface area contributed by atoms with Crippen LogP contribution in [0.3, 0.4) is 0 Å². The summed E-state index contributed by atoms with van der Waals surface area (Å²) in [4.78, 5) is 35.4. The number of hydrogen-bond acceptors (Lipinski definition) is 4. The van der Waals surface area contributed by atoms with E-state index in [2.05, 4.69) is 20.2 Å². The predicted molar refractivity (Wildman–Crippen MR) is 104 cm³/mol. The third kappa shape index (κ3) is 5.27. The molecule has 2 aliphatic rings. The lowest BCUT2D eigenvalue weighted by Crippen LogP contribution is -2.40. The molecule has 2 amide bonds. The fourth-order valence-corrected chi connectivity index (χ4v) is 4.42. The highest BCUT2D eigenvalue weighted by atomic mass is 16.2. The molecule has 3 rings (SSSR count).